The van der Waals surface area contributed by atoms with Gasteiger partial charge < -0.3 is 14.7 Å². The van der Waals surface area contributed by atoms with Crippen molar-refractivity contribution < 1.29 is 14.1 Å². The molecular weight excluding hydrogens is 354 g/mol. The van der Waals surface area contributed by atoms with Crippen molar-refractivity contribution in [3.05, 3.63) is 59.9 Å². The van der Waals surface area contributed by atoms with Crippen LogP contribution >= 0.6 is 0 Å². The van der Waals surface area contributed by atoms with E-state index in [0.717, 1.165) is 17.2 Å². The second kappa shape index (κ2) is 8.69. The molecule has 1 N–H and O–H groups in total. The van der Waals surface area contributed by atoms with E-state index < -0.39 is 0 Å². The van der Waals surface area contributed by atoms with E-state index in [-0.39, 0.29) is 18.4 Å². The van der Waals surface area contributed by atoms with E-state index in [1.807, 2.05) is 42.5 Å². The third-order valence-electron chi connectivity index (χ3n) is 4.49. The van der Waals surface area contributed by atoms with Crippen LogP contribution in [0.5, 0.6) is 0 Å². The molecular formula is C22H25N3O3. The lowest BCUT2D eigenvalue weighted by molar-refractivity contribution is -0.117. The molecule has 2 amide bonds. The van der Waals surface area contributed by atoms with Crippen LogP contribution in [0.25, 0.3) is 10.8 Å². The molecule has 0 atom stereocenters. The summed E-state index contributed by atoms with van der Waals surface area (Å²) in [5.74, 6) is 0.931. The Morgan fingerprint density at radius 2 is 1.86 bits per heavy atom. The molecule has 0 aliphatic carbocycles. The van der Waals surface area contributed by atoms with Gasteiger partial charge in [-0.25, -0.2) is 0 Å². The summed E-state index contributed by atoms with van der Waals surface area (Å²) >= 11 is 0. The van der Waals surface area contributed by atoms with Gasteiger partial charge in [0.1, 0.15) is 12.3 Å². The normalized spacial score (nSPS) is 11.0. The van der Waals surface area contributed by atoms with Crippen molar-refractivity contribution in [3.63, 3.8) is 0 Å². The zero-order valence-corrected chi connectivity index (χ0v) is 16.4. The highest BCUT2D eigenvalue weighted by Gasteiger charge is 2.20. The number of aromatic nitrogens is 1. The number of carbonyl (C=O) groups is 2. The van der Waals surface area contributed by atoms with E-state index >= 15 is 0 Å². The summed E-state index contributed by atoms with van der Waals surface area (Å²) in [6.07, 6.45) is 0.815. The Hall–Kier alpha value is -3.15. The van der Waals surface area contributed by atoms with Crippen molar-refractivity contribution in [2.24, 2.45) is 5.92 Å². The third-order valence-corrected chi connectivity index (χ3v) is 4.49. The maximum Gasteiger partial charge on any atom is 0.254 e. The number of fused-ring (bicyclic) bond motifs is 1. The summed E-state index contributed by atoms with van der Waals surface area (Å²) in [5.41, 5.74) is 0.576. The van der Waals surface area contributed by atoms with Crippen LogP contribution in [0.1, 0.15) is 36.4 Å². The third kappa shape index (κ3) is 4.97. The topological polar surface area (TPSA) is 75.4 Å². The molecule has 6 nitrogen and oxygen atoms in total. The van der Waals surface area contributed by atoms with Gasteiger partial charge >= 0.3 is 0 Å². The van der Waals surface area contributed by atoms with Gasteiger partial charge in [0.05, 0.1) is 0 Å². The van der Waals surface area contributed by atoms with Crippen LogP contribution in [0.2, 0.25) is 0 Å². The van der Waals surface area contributed by atoms with Crippen molar-refractivity contribution >= 4 is 28.4 Å². The summed E-state index contributed by atoms with van der Waals surface area (Å²) in [5, 5.41) is 8.52. The minimum absolute atomic E-state index is 0.0374. The molecule has 0 saturated carbocycles. The first kappa shape index (κ1) is 19.6. The molecule has 0 bridgehead atoms. The minimum Gasteiger partial charge on any atom is -0.360 e. The van der Waals surface area contributed by atoms with Gasteiger partial charge in [-0.15, -0.1) is 0 Å². The van der Waals surface area contributed by atoms with E-state index in [4.69, 9.17) is 4.52 Å². The first-order valence-electron chi connectivity index (χ1n) is 9.43. The molecule has 0 aliphatic heterocycles. The highest BCUT2D eigenvalue weighted by atomic mass is 16.5. The van der Waals surface area contributed by atoms with Crippen molar-refractivity contribution in [3.8, 4) is 0 Å². The lowest BCUT2D eigenvalue weighted by Crippen LogP contribution is -2.39. The zero-order valence-electron chi connectivity index (χ0n) is 16.4. The Kier molecular flexibility index (Phi) is 6.09. The number of rotatable bonds is 7. The van der Waals surface area contributed by atoms with Gasteiger partial charge in [0.2, 0.25) is 5.91 Å². The number of benzene rings is 2. The van der Waals surface area contributed by atoms with Gasteiger partial charge in [0.25, 0.3) is 5.91 Å². The molecule has 28 heavy (non-hydrogen) atoms. The van der Waals surface area contributed by atoms with Crippen molar-refractivity contribution in [2.75, 3.05) is 18.4 Å². The molecule has 1 aromatic heterocycles. The van der Waals surface area contributed by atoms with Crippen molar-refractivity contribution in [1.29, 1.82) is 0 Å². The molecule has 0 saturated heterocycles. The summed E-state index contributed by atoms with van der Waals surface area (Å²) in [6.45, 7) is 6.41. The fourth-order valence-corrected chi connectivity index (χ4v) is 2.95. The lowest BCUT2D eigenvalue weighted by Gasteiger charge is -2.23. The number of hydrogen-bond donors (Lipinski definition) is 1. The van der Waals surface area contributed by atoms with Crippen molar-refractivity contribution in [2.45, 2.75) is 27.2 Å². The molecule has 3 rings (SSSR count). The van der Waals surface area contributed by atoms with Gasteiger partial charge in [-0.2, -0.15) is 0 Å². The van der Waals surface area contributed by atoms with Crippen LogP contribution in [0.3, 0.4) is 0 Å². The largest absolute Gasteiger partial charge is 0.360 e. The fraction of sp³-hybridized carbons (Fsp3) is 0.318. The van der Waals surface area contributed by atoms with E-state index in [1.165, 1.54) is 0 Å². The van der Waals surface area contributed by atoms with E-state index in [0.29, 0.717) is 29.6 Å². The number of anilines is 1. The van der Waals surface area contributed by atoms with E-state index in [9.17, 15) is 9.59 Å². The Morgan fingerprint density at radius 3 is 2.54 bits per heavy atom. The maximum absolute atomic E-state index is 13.1. The number of nitrogens with zero attached hydrogens (tertiary/aromatic N) is 2. The first-order valence-corrected chi connectivity index (χ1v) is 9.43. The second-order valence-corrected chi connectivity index (χ2v) is 7.34. The highest BCUT2D eigenvalue weighted by Crippen LogP contribution is 2.18. The molecule has 0 radical (unpaired) electrons. The van der Waals surface area contributed by atoms with Crippen LogP contribution in [0.15, 0.2) is 53.1 Å². The van der Waals surface area contributed by atoms with E-state index in [2.05, 4.69) is 24.3 Å². The number of nitrogens with one attached hydrogen (secondary N) is 1. The number of amides is 2. The standard InChI is InChI=1S/C22H25N3O3/c1-15(2)10-11-25(14-21(26)23-20-12-16(3)28-24-20)22(27)19-9-8-17-6-4-5-7-18(17)13-19/h4-9,12-13,15H,10-11,14H2,1-3H3,(H,23,24,26). The molecule has 3 aromatic rings. The molecule has 0 unspecified atom stereocenters. The monoisotopic (exact) mass is 379 g/mol. The summed E-state index contributed by atoms with van der Waals surface area (Å²) in [7, 11) is 0. The molecule has 1 heterocycles. The van der Waals surface area contributed by atoms with Gasteiger partial charge in [-0.05, 0) is 42.2 Å². The van der Waals surface area contributed by atoms with Crippen LogP contribution in [0, 0.1) is 12.8 Å². The average molecular weight is 379 g/mol. The summed E-state index contributed by atoms with van der Waals surface area (Å²) in [6, 6.07) is 15.2. The molecule has 146 valence electrons. The Morgan fingerprint density at radius 1 is 1.11 bits per heavy atom. The molecule has 0 spiro atoms. The maximum atomic E-state index is 13.1. The molecule has 6 heteroatoms. The van der Waals surface area contributed by atoms with Gasteiger partial charge in [-0.3, -0.25) is 9.59 Å². The number of hydrogen-bond acceptors (Lipinski definition) is 4. The molecule has 0 fully saturated rings. The summed E-state index contributed by atoms with van der Waals surface area (Å²) in [4.78, 5) is 27.1. The molecule has 2 aromatic carbocycles. The predicted octanol–water partition coefficient (Wildman–Crippen LogP) is 4.26. The summed E-state index contributed by atoms with van der Waals surface area (Å²) < 4.78 is 4.96. The van der Waals surface area contributed by atoms with E-state index in [1.54, 1.807) is 17.9 Å². The van der Waals surface area contributed by atoms with Crippen molar-refractivity contribution in [1.82, 2.24) is 10.1 Å². The SMILES string of the molecule is Cc1cc(NC(=O)CN(CCC(C)C)C(=O)c2ccc3ccccc3c2)no1. The number of aryl methyl sites for hydroxylation is 1. The fourth-order valence-electron chi connectivity index (χ4n) is 2.95. The Bertz CT molecular complexity index is 978. The highest BCUT2D eigenvalue weighted by molar-refractivity contribution is 6.01. The van der Waals surface area contributed by atoms with Crippen LogP contribution in [-0.4, -0.2) is 35.0 Å². The van der Waals surface area contributed by atoms with Crippen LogP contribution in [0.4, 0.5) is 5.82 Å². The predicted molar refractivity (Wildman–Crippen MR) is 109 cm³/mol. The van der Waals surface area contributed by atoms with Crippen LogP contribution < -0.4 is 5.32 Å². The quantitative estimate of drug-likeness (QED) is 0.665. The van der Waals surface area contributed by atoms with Crippen LogP contribution in [-0.2, 0) is 4.79 Å². The minimum atomic E-state index is -0.300. The van der Waals surface area contributed by atoms with Gasteiger partial charge in [-0.1, -0.05) is 49.3 Å². The Balaban J connectivity index is 1.76. The Labute approximate surface area is 164 Å². The van der Waals surface area contributed by atoms with Gasteiger partial charge in [0, 0.05) is 18.2 Å². The first-order chi connectivity index (χ1) is 13.4. The average Bonchev–Trinajstić information content (AvgIpc) is 3.08. The van der Waals surface area contributed by atoms with Gasteiger partial charge in [0.15, 0.2) is 5.82 Å². The second-order valence-electron chi connectivity index (χ2n) is 7.34. The smallest absolute Gasteiger partial charge is 0.254 e. The molecule has 0 aliphatic rings. The lowest BCUT2D eigenvalue weighted by atomic mass is 10.1. The number of carbonyl (C=O) groups excluding carboxylic acids is 2. The zero-order chi connectivity index (χ0) is 20.1.